The van der Waals surface area contributed by atoms with Crippen molar-refractivity contribution < 1.29 is 4.39 Å². The monoisotopic (exact) mass is 229 g/mol. The Balaban J connectivity index is 2.73. The average Bonchev–Trinajstić information content (AvgIpc) is 2.31. The molecule has 1 aromatic carbocycles. The Morgan fingerprint density at radius 1 is 1.41 bits per heavy atom. The van der Waals surface area contributed by atoms with Gasteiger partial charge in [0.25, 0.3) is 0 Å². The molecule has 5 heteroatoms. The summed E-state index contributed by atoms with van der Waals surface area (Å²) >= 11 is 0. The Labute approximate surface area is 96.6 Å². The standard InChI is InChI=1S/C12H8FN3O/c1-8-6-12(17)10(7-14)15-16(8)11-5-3-2-4-9(11)13/h2-6H,1H3. The Morgan fingerprint density at radius 2 is 2.12 bits per heavy atom. The molecule has 1 aromatic heterocycles. The topological polar surface area (TPSA) is 58.7 Å². The summed E-state index contributed by atoms with van der Waals surface area (Å²) in [6, 6.07) is 8.98. The smallest absolute Gasteiger partial charge is 0.218 e. The predicted molar refractivity (Wildman–Crippen MR) is 59.2 cm³/mol. The molecule has 1 heterocycles. The molecule has 0 aliphatic rings. The second kappa shape index (κ2) is 4.18. The minimum Gasteiger partial charge on any atom is -0.287 e. The van der Waals surface area contributed by atoms with E-state index in [-0.39, 0.29) is 11.4 Å². The van der Waals surface area contributed by atoms with Gasteiger partial charge < -0.3 is 0 Å². The number of nitriles is 1. The fourth-order valence-corrected chi connectivity index (χ4v) is 1.49. The van der Waals surface area contributed by atoms with Gasteiger partial charge in [-0.25, -0.2) is 9.07 Å². The van der Waals surface area contributed by atoms with Crippen LogP contribution in [0.5, 0.6) is 0 Å². The number of aryl methyl sites for hydroxylation is 1. The van der Waals surface area contributed by atoms with E-state index >= 15 is 0 Å². The highest BCUT2D eigenvalue weighted by Crippen LogP contribution is 2.12. The number of para-hydroxylation sites is 1. The molecule has 0 saturated carbocycles. The summed E-state index contributed by atoms with van der Waals surface area (Å²) in [5.41, 5.74) is -0.0305. The molecule has 0 saturated heterocycles. The first-order valence-electron chi connectivity index (χ1n) is 4.89. The van der Waals surface area contributed by atoms with Gasteiger partial charge in [-0.3, -0.25) is 4.79 Å². The highest BCUT2D eigenvalue weighted by molar-refractivity contribution is 5.35. The van der Waals surface area contributed by atoms with Gasteiger partial charge in [-0.2, -0.15) is 10.4 Å². The maximum absolute atomic E-state index is 13.6. The molecule has 2 aromatic rings. The first kappa shape index (κ1) is 11.0. The Kier molecular flexibility index (Phi) is 2.71. The third kappa shape index (κ3) is 1.93. The molecule has 0 radical (unpaired) electrons. The van der Waals surface area contributed by atoms with Gasteiger partial charge in [0.05, 0.1) is 0 Å². The van der Waals surface area contributed by atoms with Crippen molar-refractivity contribution in [2.75, 3.05) is 0 Å². The van der Waals surface area contributed by atoms with Crippen LogP contribution in [-0.2, 0) is 0 Å². The summed E-state index contributed by atoms with van der Waals surface area (Å²) < 4.78 is 14.8. The second-order valence-electron chi connectivity index (χ2n) is 3.47. The Bertz CT molecular complexity index is 670. The maximum Gasteiger partial charge on any atom is 0.218 e. The molecular formula is C12H8FN3O. The van der Waals surface area contributed by atoms with Crippen LogP contribution in [0.15, 0.2) is 35.1 Å². The maximum atomic E-state index is 13.6. The Morgan fingerprint density at radius 3 is 2.76 bits per heavy atom. The number of aromatic nitrogens is 2. The molecule has 0 atom stereocenters. The lowest BCUT2D eigenvalue weighted by molar-refractivity contribution is 0.604. The van der Waals surface area contributed by atoms with Gasteiger partial charge >= 0.3 is 0 Å². The van der Waals surface area contributed by atoms with E-state index in [2.05, 4.69) is 5.10 Å². The number of rotatable bonds is 1. The van der Waals surface area contributed by atoms with Crippen LogP contribution in [-0.4, -0.2) is 9.78 Å². The van der Waals surface area contributed by atoms with Crippen LogP contribution in [0.4, 0.5) is 4.39 Å². The van der Waals surface area contributed by atoms with Crippen LogP contribution < -0.4 is 5.43 Å². The van der Waals surface area contributed by atoms with Crippen LogP contribution in [0.25, 0.3) is 5.69 Å². The zero-order chi connectivity index (χ0) is 12.4. The average molecular weight is 229 g/mol. The summed E-state index contributed by atoms with van der Waals surface area (Å²) in [5, 5.41) is 12.6. The molecule has 4 nitrogen and oxygen atoms in total. The number of hydrogen-bond acceptors (Lipinski definition) is 3. The lowest BCUT2D eigenvalue weighted by Crippen LogP contribution is -2.17. The number of halogens is 1. The number of benzene rings is 1. The van der Waals surface area contributed by atoms with E-state index in [0.29, 0.717) is 5.69 Å². The molecule has 0 aliphatic carbocycles. The van der Waals surface area contributed by atoms with Gasteiger partial charge in [0.2, 0.25) is 11.1 Å². The predicted octanol–water partition coefficient (Wildman–Crippen LogP) is 1.55. The Hall–Kier alpha value is -2.48. The van der Waals surface area contributed by atoms with Crippen LogP contribution in [0.3, 0.4) is 0 Å². The summed E-state index contributed by atoms with van der Waals surface area (Å²) in [4.78, 5) is 11.3. The van der Waals surface area contributed by atoms with Crippen molar-refractivity contribution in [1.29, 1.82) is 5.26 Å². The molecule has 0 unspecified atom stereocenters. The van der Waals surface area contributed by atoms with Gasteiger partial charge in [0, 0.05) is 11.8 Å². The van der Waals surface area contributed by atoms with Crippen molar-refractivity contribution in [3.05, 3.63) is 57.8 Å². The van der Waals surface area contributed by atoms with E-state index in [0.717, 1.165) is 0 Å². The SMILES string of the molecule is Cc1cc(=O)c(C#N)nn1-c1ccccc1F. The quantitative estimate of drug-likeness (QED) is 0.745. The largest absolute Gasteiger partial charge is 0.287 e. The van der Waals surface area contributed by atoms with Gasteiger partial charge in [0.1, 0.15) is 17.6 Å². The third-order valence-corrected chi connectivity index (χ3v) is 2.29. The van der Waals surface area contributed by atoms with Gasteiger partial charge in [-0.1, -0.05) is 12.1 Å². The van der Waals surface area contributed by atoms with Gasteiger partial charge in [-0.05, 0) is 19.1 Å². The number of hydrogen-bond donors (Lipinski definition) is 0. The molecule has 0 fully saturated rings. The van der Waals surface area contributed by atoms with Crippen molar-refractivity contribution in [3.63, 3.8) is 0 Å². The molecule has 0 bridgehead atoms. The van der Waals surface area contributed by atoms with Crippen molar-refractivity contribution in [2.45, 2.75) is 6.92 Å². The van der Waals surface area contributed by atoms with E-state index in [1.165, 1.54) is 22.9 Å². The lowest BCUT2D eigenvalue weighted by atomic mass is 10.3. The molecule has 0 amide bonds. The molecule has 17 heavy (non-hydrogen) atoms. The molecule has 0 N–H and O–H groups in total. The van der Waals surface area contributed by atoms with E-state index in [4.69, 9.17) is 5.26 Å². The summed E-state index contributed by atoms with van der Waals surface area (Å²) in [6.45, 7) is 1.63. The van der Waals surface area contributed by atoms with E-state index in [1.807, 2.05) is 0 Å². The van der Waals surface area contributed by atoms with Crippen molar-refractivity contribution in [1.82, 2.24) is 9.78 Å². The van der Waals surface area contributed by atoms with E-state index in [9.17, 15) is 9.18 Å². The molecule has 2 rings (SSSR count). The van der Waals surface area contributed by atoms with Crippen LogP contribution in [0.1, 0.15) is 11.4 Å². The van der Waals surface area contributed by atoms with E-state index < -0.39 is 11.2 Å². The van der Waals surface area contributed by atoms with Crippen LogP contribution in [0.2, 0.25) is 0 Å². The van der Waals surface area contributed by atoms with E-state index in [1.54, 1.807) is 25.1 Å². The highest BCUT2D eigenvalue weighted by atomic mass is 19.1. The van der Waals surface area contributed by atoms with Crippen LogP contribution in [0, 0.1) is 24.1 Å². The fourth-order valence-electron chi connectivity index (χ4n) is 1.49. The van der Waals surface area contributed by atoms with Crippen molar-refractivity contribution in [2.24, 2.45) is 0 Å². The number of nitrogens with zero attached hydrogens (tertiary/aromatic N) is 3. The van der Waals surface area contributed by atoms with Crippen LogP contribution >= 0.6 is 0 Å². The van der Waals surface area contributed by atoms with Crippen molar-refractivity contribution >= 4 is 0 Å². The lowest BCUT2D eigenvalue weighted by Gasteiger charge is -2.09. The molecule has 84 valence electrons. The summed E-state index contributed by atoms with van der Waals surface area (Å²) in [6.07, 6.45) is 0. The zero-order valence-electron chi connectivity index (χ0n) is 9.01. The summed E-state index contributed by atoms with van der Waals surface area (Å²) in [5.74, 6) is -0.462. The first-order chi connectivity index (χ1) is 8.13. The van der Waals surface area contributed by atoms with Crippen molar-refractivity contribution in [3.8, 4) is 11.8 Å². The summed E-state index contributed by atoms with van der Waals surface area (Å²) in [7, 11) is 0. The fraction of sp³-hybridized carbons (Fsp3) is 0.0833. The third-order valence-electron chi connectivity index (χ3n) is 2.29. The highest BCUT2D eigenvalue weighted by Gasteiger charge is 2.09. The minimum atomic E-state index is -0.462. The normalized spacial score (nSPS) is 9.94. The molecule has 0 aliphatic heterocycles. The molecular weight excluding hydrogens is 221 g/mol. The van der Waals surface area contributed by atoms with Gasteiger partial charge in [-0.15, -0.1) is 0 Å². The minimum absolute atomic E-state index is 0.210. The molecule has 0 spiro atoms. The zero-order valence-corrected chi connectivity index (χ0v) is 9.01. The first-order valence-corrected chi connectivity index (χ1v) is 4.89. The van der Waals surface area contributed by atoms with Gasteiger partial charge in [0.15, 0.2) is 0 Å². The second-order valence-corrected chi connectivity index (χ2v) is 3.47.